The molecule has 2 aromatic rings. The van der Waals surface area contributed by atoms with Crippen LogP contribution in [0.4, 0.5) is 13.2 Å². The fourth-order valence-corrected chi connectivity index (χ4v) is 3.30. The Bertz CT molecular complexity index is 885. The van der Waals surface area contributed by atoms with Crippen LogP contribution in [0.5, 0.6) is 0 Å². The van der Waals surface area contributed by atoms with Crippen molar-refractivity contribution in [3.05, 3.63) is 51.5 Å². The summed E-state index contributed by atoms with van der Waals surface area (Å²) < 4.78 is 39.9. The summed E-state index contributed by atoms with van der Waals surface area (Å²) in [4.78, 5) is 31.8. The molecule has 6 nitrogen and oxygen atoms in total. The molecule has 0 fully saturated rings. The lowest BCUT2D eigenvalue weighted by atomic mass is 9.98. The normalized spacial score (nSPS) is 17.0. The van der Waals surface area contributed by atoms with Gasteiger partial charge in [0.1, 0.15) is 5.82 Å². The van der Waals surface area contributed by atoms with E-state index in [1.165, 1.54) is 15.5 Å². The zero-order valence-electron chi connectivity index (χ0n) is 14.4. The molecule has 1 amide bonds. The van der Waals surface area contributed by atoms with Gasteiger partial charge in [-0.3, -0.25) is 9.59 Å². The minimum atomic E-state index is -4.45. The van der Waals surface area contributed by atoms with Crippen LogP contribution in [0, 0.1) is 12.8 Å². The number of aromatic amines is 1. The summed E-state index contributed by atoms with van der Waals surface area (Å²) in [6.07, 6.45) is -2.33. The number of carbonyl (C=O) groups is 1. The Labute approximate surface area is 147 Å². The topological polar surface area (TPSA) is 71.0 Å². The van der Waals surface area contributed by atoms with E-state index in [-0.39, 0.29) is 17.4 Å². The van der Waals surface area contributed by atoms with Gasteiger partial charge in [0.05, 0.1) is 0 Å². The van der Waals surface area contributed by atoms with Crippen LogP contribution in [0.2, 0.25) is 0 Å². The van der Waals surface area contributed by atoms with Crippen LogP contribution in [0.25, 0.3) is 0 Å². The first kappa shape index (κ1) is 18.2. The van der Waals surface area contributed by atoms with E-state index in [1.54, 1.807) is 20.0 Å². The van der Waals surface area contributed by atoms with Gasteiger partial charge in [-0.1, -0.05) is 0 Å². The molecular formula is C17H19F3N4O2. The summed E-state index contributed by atoms with van der Waals surface area (Å²) in [7, 11) is 1.63. The van der Waals surface area contributed by atoms with Crippen molar-refractivity contribution in [2.75, 3.05) is 13.6 Å². The maximum Gasteiger partial charge on any atom is 0.434 e. The van der Waals surface area contributed by atoms with Crippen LogP contribution in [0.1, 0.15) is 34.0 Å². The lowest BCUT2D eigenvalue weighted by molar-refractivity contribution is -0.141. The van der Waals surface area contributed by atoms with Crippen molar-refractivity contribution in [2.24, 2.45) is 5.92 Å². The van der Waals surface area contributed by atoms with Crippen molar-refractivity contribution in [1.82, 2.24) is 19.4 Å². The molecule has 0 bridgehead atoms. The Kier molecular flexibility index (Phi) is 4.64. The molecule has 1 aliphatic heterocycles. The van der Waals surface area contributed by atoms with Gasteiger partial charge in [-0.25, -0.2) is 4.98 Å². The Morgan fingerprint density at radius 3 is 2.81 bits per heavy atom. The van der Waals surface area contributed by atoms with Gasteiger partial charge >= 0.3 is 6.18 Å². The van der Waals surface area contributed by atoms with E-state index in [2.05, 4.69) is 9.97 Å². The van der Waals surface area contributed by atoms with Gasteiger partial charge in [0.25, 0.3) is 5.91 Å². The highest BCUT2D eigenvalue weighted by Gasteiger charge is 2.36. The van der Waals surface area contributed by atoms with Crippen molar-refractivity contribution >= 4 is 5.91 Å². The molecule has 2 aromatic heterocycles. The predicted molar refractivity (Wildman–Crippen MR) is 87.8 cm³/mol. The zero-order chi connectivity index (χ0) is 19.1. The number of hydrogen-bond donors (Lipinski definition) is 1. The number of hydrogen-bond acceptors (Lipinski definition) is 3. The van der Waals surface area contributed by atoms with Gasteiger partial charge in [-0.05, 0) is 25.3 Å². The molecule has 1 aliphatic rings. The average molecular weight is 368 g/mol. The monoisotopic (exact) mass is 368 g/mol. The highest BCUT2D eigenvalue weighted by Crippen LogP contribution is 2.30. The average Bonchev–Trinajstić information content (AvgIpc) is 2.96. The molecular weight excluding hydrogens is 349 g/mol. The van der Waals surface area contributed by atoms with Gasteiger partial charge in [-0.15, -0.1) is 0 Å². The Hall–Kier alpha value is -2.58. The quantitative estimate of drug-likeness (QED) is 0.903. The summed E-state index contributed by atoms with van der Waals surface area (Å²) >= 11 is 0. The molecule has 1 N–H and O–H groups in total. The van der Waals surface area contributed by atoms with Crippen molar-refractivity contribution in [2.45, 2.75) is 32.5 Å². The summed E-state index contributed by atoms with van der Waals surface area (Å²) in [5.74, 6) is 0.161. The number of fused-ring (bicyclic) bond motifs is 1. The number of amides is 1. The summed E-state index contributed by atoms with van der Waals surface area (Å²) in [6, 6.07) is 2.85. The van der Waals surface area contributed by atoms with E-state index in [0.29, 0.717) is 43.0 Å². The number of aromatic nitrogens is 3. The van der Waals surface area contributed by atoms with E-state index in [4.69, 9.17) is 0 Å². The molecule has 1 unspecified atom stereocenters. The number of aryl methyl sites for hydroxylation is 2. The third kappa shape index (κ3) is 3.81. The highest BCUT2D eigenvalue weighted by atomic mass is 19.4. The minimum Gasteiger partial charge on any atom is -0.341 e. The summed E-state index contributed by atoms with van der Waals surface area (Å²) in [6.45, 7) is 2.46. The predicted octanol–water partition coefficient (Wildman–Crippen LogP) is 2.23. The van der Waals surface area contributed by atoms with Crippen LogP contribution >= 0.6 is 0 Å². The zero-order valence-corrected chi connectivity index (χ0v) is 14.4. The van der Waals surface area contributed by atoms with Crippen LogP contribution in [0.3, 0.4) is 0 Å². The molecule has 0 aromatic carbocycles. The van der Waals surface area contributed by atoms with E-state index in [0.717, 1.165) is 6.20 Å². The van der Waals surface area contributed by atoms with Crippen LogP contribution in [0.15, 0.2) is 23.1 Å². The van der Waals surface area contributed by atoms with Crippen molar-refractivity contribution in [1.29, 1.82) is 0 Å². The number of H-pyrrole nitrogens is 1. The third-order valence-corrected chi connectivity index (χ3v) is 4.49. The highest BCUT2D eigenvalue weighted by molar-refractivity contribution is 5.94. The molecule has 0 radical (unpaired) electrons. The van der Waals surface area contributed by atoms with Crippen LogP contribution in [-0.4, -0.2) is 38.9 Å². The Morgan fingerprint density at radius 2 is 2.15 bits per heavy atom. The number of alkyl halides is 3. The van der Waals surface area contributed by atoms with Gasteiger partial charge in [-0.2, -0.15) is 13.2 Å². The lowest BCUT2D eigenvalue weighted by Crippen LogP contribution is -2.35. The second-order valence-corrected chi connectivity index (χ2v) is 6.70. The molecule has 0 saturated heterocycles. The van der Waals surface area contributed by atoms with Crippen molar-refractivity contribution in [3.8, 4) is 0 Å². The number of rotatable bonds is 3. The number of carbonyl (C=O) groups excluding carboxylic acids is 1. The molecule has 9 heteroatoms. The van der Waals surface area contributed by atoms with E-state index < -0.39 is 11.9 Å². The second-order valence-electron chi connectivity index (χ2n) is 6.70. The maximum atomic E-state index is 12.8. The number of nitrogens with one attached hydrogen (secondary N) is 1. The first-order chi connectivity index (χ1) is 12.1. The standard InChI is InChI=1S/C17H19F3N4O2/c1-10-5-12(6-15(25)21-10)16(26)23(2)7-11-3-4-14-22-13(17(18,19)20)9-24(14)8-11/h5-6,9,11H,3-4,7-8H2,1-2H3,(H,21,25). The molecule has 0 saturated carbocycles. The van der Waals surface area contributed by atoms with Crippen LogP contribution < -0.4 is 5.56 Å². The largest absolute Gasteiger partial charge is 0.434 e. The fraction of sp³-hybridized carbons (Fsp3) is 0.471. The third-order valence-electron chi connectivity index (χ3n) is 4.49. The van der Waals surface area contributed by atoms with Gasteiger partial charge in [0.15, 0.2) is 5.69 Å². The van der Waals surface area contributed by atoms with E-state index in [9.17, 15) is 22.8 Å². The Morgan fingerprint density at radius 1 is 1.42 bits per heavy atom. The van der Waals surface area contributed by atoms with Gasteiger partial charge in [0, 0.05) is 50.1 Å². The van der Waals surface area contributed by atoms with E-state index in [1.807, 2.05) is 0 Å². The number of imidazole rings is 1. The number of halogens is 3. The Balaban J connectivity index is 1.69. The first-order valence-corrected chi connectivity index (χ1v) is 8.23. The maximum absolute atomic E-state index is 12.8. The molecule has 3 rings (SSSR count). The molecule has 26 heavy (non-hydrogen) atoms. The molecule has 0 aliphatic carbocycles. The van der Waals surface area contributed by atoms with Gasteiger partial charge < -0.3 is 14.5 Å². The molecule has 0 spiro atoms. The fourth-order valence-electron chi connectivity index (χ4n) is 3.30. The summed E-state index contributed by atoms with van der Waals surface area (Å²) in [5, 5.41) is 0. The molecule has 1 atom stereocenters. The van der Waals surface area contributed by atoms with Crippen molar-refractivity contribution < 1.29 is 18.0 Å². The number of nitrogens with zero attached hydrogens (tertiary/aromatic N) is 3. The smallest absolute Gasteiger partial charge is 0.341 e. The van der Waals surface area contributed by atoms with Crippen molar-refractivity contribution in [3.63, 3.8) is 0 Å². The van der Waals surface area contributed by atoms with Gasteiger partial charge in [0.2, 0.25) is 5.56 Å². The lowest BCUT2D eigenvalue weighted by Gasteiger charge is -2.28. The second kappa shape index (κ2) is 6.62. The first-order valence-electron chi connectivity index (χ1n) is 8.23. The molecule has 3 heterocycles. The molecule has 140 valence electrons. The SMILES string of the molecule is Cc1cc(C(=O)N(C)CC2CCc3nc(C(F)(F)F)cn3C2)cc(=O)[nH]1. The summed E-state index contributed by atoms with van der Waals surface area (Å²) in [5.41, 5.74) is -0.333. The van der Waals surface area contributed by atoms with Crippen LogP contribution in [-0.2, 0) is 19.1 Å². The van der Waals surface area contributed by atoms with E-state index >= 15 is 0 Å². The minimum absolute atomic E-state index is 0.0230. The number of pyridine rings is 1.